The molecule has 0 amide bonds. The van der Waals surface area contributed by atoms with E-state index in [1.165, 1.54) is 7.11 Å². The summed E-state index contributed by atoms with van der Waals surface area (Å²) in [6.07, 6.45) is 1.01. The molecule has 7 heavy (non-hydrogen) atoms. The predicted molar refractivity (Wildman–Crippen MR) is 27.8 cm³/mol. The molecule has 2 nitrogen and oxygen atoms in total. The lowest BCUT2D eigenvalue weighted by molar-refractivity contribution is 0.135. The molecule has 0 unspecified atom stereocenters. The highest BCUT2D eigenvalue weighted by molar-refractivity contribution is 5.39. The van der Waals surface area contributed by atoms with Crippen LogP contribution >= 0.6 is 0 Å². The molecule has 0 spiro atoms. The van der Waals surface area contributed by atoms with Gasteiger partial charge < -0.3 is 9.16 Å². The summed E-state index contributed by atoms with van der Waals surface area (Å²) in [5.41, 5.74) is 0. The standard InChI is InChI=1S/C5H8O2/c1-3-4-7-5-6-2/h3H,1,4H2,2H3/i4D2. The van der Waals surface area contributed by atoms with Gasteiger partial charge in [-0.25, -0.2) is 0 Å². The van der Waals surface area contributed by atoms with Gasteiger partial charge >= 0.3 is 0 Å². The molecule has 0 aliphatic heterocycles. The Morgan fingerprint density at radius 3 is 3.43 bits per heavy atom. The molecule has 0 aliphatic carbocycles. The fourth-order valence-corrected chi connectivity index (χ4v) is 0.107. The van der Waals surface area contributed by atoms with Gasteiger partial charge in [0.05, 0.1) is 0 Å². The van der Waals surface area contributed by atoms with Gasteiger partial charge in [-0.05, 0) is 6.08 Å². The number of hydrogen-bond acceptors (Lipinski definition) is 1. The minimum absolute atomic E-state index is 1.01. The monoisotopic (exact) mass is 102 g/mol. The van der Waals surface area contributed by atoms with Gasteiger partial charge in [0.15, 0.2) is 13.0 Å². The van der Waals surface area contributed by atoms with Crippen molar-refractivity contribution in [2.45, 2.75) is 0 Å². The SMILES string of the molecule is [2H]C([2H])(C=C)O[C-]=[O+]C. The van der Waals surface area contributed by atoms with Gasteiger partial charge in [-0.1, -0.05) is 6.58 Å². The highest BCUT2D eigenvalue weighted by Crippen LogP contribution is 1.64. The molecule has 0 rings (SSSR count). The van der Waals surface area contributed by atoms with Gasteiger partial charge in [0.1, 0.15) is 9.85 Å². The van der Waals surface area contributed by atoms with Crippen LogP contribution in [0, 0.1) is 0 Å². The molecule has 0 atom stereocenters. The maximum atomic E-state index is 6.86. The van der Waals surface area contributed by atoms with E-state index in [1.54, 1.807) is 0 Å². The molecule has 0 aromatic heterocycles. The number of hydrogen-bond donors (Lipinski definition) is 0. The smallest absolute Gasteiger partial charge is 0.170 e. The van der Waals surface area contributed by atoms with Crippen LogP contribution in [-0.4, -0.2) is 20.1 Å². The van der Waals surface area contributed by atoms with Crippen LogP contribution in [0.3, 0.4) is 0 Å². The molecular formula is C5H8O2. The van der Waals surface area contributed by atoms with Gasteiger partial charge in [0, 0.05) is 0 Å². The largest absolute Gasteiger partial charge is 0.506 e. The van der Waals surface area contributed by atoms with Crippen LogP contribution in [0.5, 0.6) is 0 Å². The van der Waals surface area contributed by atoms with Gasteiger partial charge in [0.25, 0.3) is 0 Å². The fourth-order valence-electron chi connectivity index (χ4n) is 0.107. The second-order valence-electron chi connectivity index (χ2n) is 0.711. The summed E-state index contributed by atoms with van der Waals surface area (Å²) >= 11 is 0. The molecule has 0 N–H and O–H groups in total. The highest BCUT2D eigenvalue weighted by Gasteiger charge is 1.66. The van der Waals surface area contributed by atoms with E-state index in [9.17, 15) is 0 Å². The van der Waals surface area contributed by atoms with Crippen LogP contribution in [0.1, 0.15) is 2.74 Å². The lowest BCUT2D eigenvalue weighted by Crippen LogP contribution is -1.86. The topological polar surface area (TPSA) is 20.5 Å². The van der Waals surface area contributed by atoms with E-state index in [0.29, 0.717) is 0 Å². The Kier molecular flexibility index (Phi) is 2.41. The second kappa shape index (κ2) is 5.21. The lowest BCUT2D eigenvalue weighted by Gasteiger charge is -1.88. The maximum Gasteiger partial charge on any atom is 0.170 e. The summed E-state index contributed by atoms with van der Waals surface area (Å²) in [5.74, 6) is 0. The average Bonchev–Trinajstić information content (AvgIpc) is 1.84. The zero-order valence-corrected chi connectivity index (χ0v) is 4.10. The fraction of sp³-hybridized carbons (Fsp3) is 0.400. The molecule has 0 bridgehead atoms. The van der Waals surface area contributed by atoms with Gasteiger partial charge in [-0.3, -0.25) is 0 Å². The van der Waals surface area contributed by atoms with Crippen LogP contribution in [0.4, 0.5) is 0 Å². The van der Waals surface area contributed by atoms with Crippen LogP contribution in [0.25, 0.3) is 0 Å². The van der Waals surface area contributed by atoms with Crippen molar-refractivity contribution in [3.8, 4) is 0 Å². The van der Waals surface area contributed by atoms with Crippen molar-refractivity contribution in [3.63, 3.8) is 0 Å². The normalized spacial score (nSPS) is 15.6. The van der Waals surface area contributed by atoms with Crippen molar-refractivity contribution in [1.82, 2.24) is 0 Å². The zero-order valence-electron chi connectivity index (χ0n) is 6.10. The number of rotatable bonds is 3. The Labute approximate surface area is 45.9 Å². The summed E-state index contributed by atoms with van der Waals surface area (Å²) in [5, 5.41) is 0. The van der Waals surface area contributed by atoms with Crippen LogP contribution in [0.15, 0.2) is 12.7 Å². The highest BCUT2D eigenvalue weighted by atomic mass is 16.6. The van der Waals surface area contributed by atoms with Crippen LogP contribution < -0.4 is 0 Å². The maximum absolute atomic E-state index is 6.86. The molecule has 0 saturated heterocycles. The van der Waals surface area contributed by atoms with Crippen molar-refractivity contribution in [3.05, 3.63) is 12.7 Å². The van der Waals surface area contributed by atoms with Gasteiger partial charge in [0.2, 0.25) is 0 Å². The van der Waals surface area contributed by atoms with Crippen molar-refractivity contribution >= 4 is 6.47 Å². The summed E-state index contributed by atoms with van der Waals surface area (Å²) in [4.78, 5) is 0. The summed E-state index contributed by atoms with van der Waals surface area (Å²) in [7, 11) is 1.32. The van der Waals surface area contributed by atoms with Gasteiger partial charge in [-0.15, -0.1) is 0 Å². The summed E-state index contributed by atoms with van der Waals surface area (Å²) in [6, 6.07) is 0. The van der Waals surface area contributed by atoms with E-state index in [1.807, 2.05) is 6.47 Å². The zero-order chi connectivity index (χ0) is 7.33. The molecular weight excluding hydrogens is 92.1 g/mol. The van der Waals surface area contributed by atoms with Crippen molar-refractivity contribution in [2.24, 2.45) is 0 Å². The first-order chi connectivity index (χ1) is 4.12. The number of carbonyl (C=O) groups excluding carboxylic acids is 1. The second-order valence-corrected chi connectivity index (χ2v) is 0.711. The third-order valence-corrected chi connectivity index (χ3v) is 0.267. The average molecular weight is 102 g/mol. The third kappa shape index (κ3) is 5.21. The molecule has 0 heterocycles. The molecule has 0 fully saturated rings. The minimum atomic E-state index is -1.88. The third-order valence-electron chi connectivity index (χ3n) is 0.267. The Morgan fingerprint density at radius 2 is 3.00 bits per heavy atom. The summed E-state index contributed by atoms with van der Waals surface area (Å²) < 4.78 is 22.2. The minimum Gasteiger partial charge on any atom is -0.506 e. The van der Waals surface area contributed by atoms with Crippen LogP contribution in [0.2, 0.25) is 0 Å². The van der Waals surface area contributed by atoms with Crippen molar-refractivity contribution in [2.75, 3.05) is 13.7 Å². The Hall–Kier alpha value is -0.790. The van der Waals surface area contributed by atoms with E-state index in [4.69, 9.17) is 2.74 Å². The van der Waals surface area contributed by atoms with E-state index < -0.39 is 6.56 Å². The Bertz CT molecular complexity index is 120. The van der Waals surface area contributed by atoms with Crippen molar-refractivity contribution in [1.29, 1.82) is 0 Å². The first kappa shape index (κ1) is 3.24. The van der Waals surface area contributed by atoms with Crippen LogP contribution in [-0.2, 0) is 9.16 Å². The molecule has 2 heteroatoms. The predicted octanol–water partition coefficient (Wildman–Crippen LogP) is 0.422. The summed E-state index contributed by atoms with van der Waals surface area (Å²) in [6.45, 7) is 3.20. The first-order valence-electron chi connectivity index (χ1n) is 2.72. The lowest BCUT2D eigenvalue weighted by atomic mass is 10.7. The Morgan fingerprint density at radius 1 is 2.29 bits per heavy atom. The molecule has 0 aliphatic rings. The van der Waals surface area contributed by atoms with E-state index >= 15 is 0 Å². The van der Waals surface area contributed by atoms with Gasteiger partial charge in [-0.2, -0.15) is 0 Å². The first-order valence-corrected chi connectivity index (χ1v) is 1.72. The van der Waals surface area contributed by atoms with E-state index in [2.05, 4.69) is 15.7 Å². The van der Waals surface area contributed by atoms with E-state index in [0.717, 1.165) is 6.08 Å². The van der Waals surface area contributed by atoms with E-state index in [-0.39, 0.29) is 0 Å². The molecule has 40 valence electrons. The molecule has 0 aromatic rings. The molecule has 0 saturated carbocycles. The number of ether oxygens (including phenoxy) is 1. The Balaban J connectivity index is 3.71. The molecule has 0 aromatic carbocycles. The molecule has 0 radical (unpaired) electrons. The van der Waals surface area contributed by atoms with Crippen molar-refractivity contribution < 1.29 is 11.9 Å². The quantitative estimate of drug-likeness (QED) is 0.287.